The minimum Gasteiger partial charge on any atom is -0.490 e. The highest BCUT2D eigenvalue weighted by atomic mass is 16.5. The predicted molar refractivity (Wildman–Crippen MR) is 122 cm³/mol. The third-order valence-corrected chi connectivity index (χ3v) is 7.35. The number of para-hydroxylation sites is 1. The van der Waals surface area contributed by atoms with E-state index in [9.17, 15) is 15.0 Å². The van der Waals surface area contributed by atoms with E-state index < -0.39 is 17.1 Å². The number of rotatable bonds is 5. The summed E-state index contributed by atoms with van der Waals surface area (Å²) in [6.07, 6.45) is 1.49. The third-order valence-electron chi connectivity index (χ3n) is 7.35. The zero-order valence-corrected chi connectivity index (χ0v) is 18.8. The molecule has 2 heterocycles. The molecule has 1 saturated heterocycles. The van der Waals surface area contributed by atoms with Crippen molar-refractivity contribution in [1.82, 2.24) is 4.90 Å². The van der Waals surface area contributed by atoms with Crippen LogP contribution in [-0.2, 0) is 11.2 Å². The van der Waals surface area contributed by atoms with E-state index in [1.807, 2.05) is 62.4 Å². The SMILES string of the molecule is CC1(C)Cc2cc([C@H](O)CN3C[C@H]4C[C@H](Oc5ccccc5)C[C@@]4(O)C3)ccc2NC1=O. The van der Waals surface area contributed by atoms with Crippen molar-refractivity contribution in [3.63, 3.8) is 0 Å². The Hall–Kier alpha value is -2.41. The standard InChI is InChI=1S/C26H32N2O4/c1-25(2)12-18-10-17(8-9-22(18)27-24(25)30)23(29)15-28-14-19-11-21(13-26(19,31)16-28)32-20-6-4-3-5-7-20/h3-10,19,21,23,29,31H,11-16H2,1-2H3,(H,27,30)/t19-,21+,23-,26-/m1/s1. The number of aliphatic hydroxyl groups excluding tert-OH is 1. The van der Waals surface area contributed by atoms with Crippen molar-refractivity contribution in [1.29, 1.82) is 0 Å². The highest BCUT2D eigenvalue weighted by Gasteiger charge is 2.52. The molecule has 6 nitrogen and oxygen atoms in total. The van der Waals surface area contributed by atoms with E-state index in [4.69, 9.17) is 4.74 Å². The Kier molecular flexibility index (Phi) is 5.27. The summed E-state index contributed by atoms with van der Waals surface area (Å²) in [5.74, 6) is 1.03. The van der Waals surface area contributed by atoms with Crippen molar-refractivity contribution in [2.75, 3.05) is 25.0 Å². The van der Waals surface area contributed by atoms with Crippen molar-refractivity contribution >= 4 is 11.6 Å². The van der Waals surface area contributed by atoms with Crippen LogP contribution in [0.15, 0.2) is 48.5 Å². The quantitative estimate of drug-likeness (QED) is 0.671. The molecule has 3 N–H and O–H groups in total. The molecule has 2 fully saturated rings. The number of fused-ring (bicyclic) bond motifs is 2. The zero-order valence-electron chi connectivity index (χ0n) is 18.8. The minimum absolute atomic E-state index is 0.0266. The third kappa shape index (κ3) is 4.03. The highest BCUT2D eigenvalue weighted by Crippen LogP contribution is 2.43. The average molecular weight is 437 g/mol. The molecule has 0 radical (unpaired) electrons. The van der Waals surface area contributed by atoms with Crippen LogP contribution in [0.3, 0.4) is 0 Å². The molecule has 2 aromatic carbocycles. The maximum Gasteiger partial charge on any atom is 0.230 e. The van der Waals surface area contributed by atoms with Gasteiger partial charge in [-0.05, 0) is 42.2 Å². The summed E-state index contributed by atoms with van der Waals surface area (Å²) >= 11 is 0. The summed E-state index contributed by atoms with van der Waals surface area (Å²) in [4.78, 5) is 14.3. The number of hydrogen-bond donors (Lipinski definition) is 3. The normalized spacial score (nSPS) is 29.8. The van der Waals surface area contributed by atoms with Crippen LogP contribution >= 0.6 is 0 Å². The first-order valence-corrected chi connectivity index (χ1v) is 11.5. The Bertz CT molecular complexity index is 1010. The molecule has 0 bridgehead atoms. The van der Waals surface area contributed by atoms with E-state index in [0.29, 0.717) is 25.9 Å². The molecule has 3 aliphatic rings. The molecule has 0 unspecified atom stereocenters. The van der Waals surface area contributed by atoms with E-state index in [1.165, 1.54) is 0 Å². The maximum absolute atomic E-state index is 12.2. The van der Waals surface area contributed by atoms with Crippen molar-refractivity contribution in [2.45, 2.75) is 50.9 Å². The Balaban J connectivity index is 1.20. The molecule has 2 aromatic rings. The summed E-state index contributed by atoms with van der Waals surface area (Å²) < 4.78 is 6.08. The fourth-order valence-corrected chi connectivity index (χ4v) is 5.59. The number of nitrogens with zero attached hydrogens (tertiary/aromatic N) is 1. The van der Waals surface area contributed by atoms with Gasteiger partial charge in [0.1, 0.15) is 11.9 Å². The molecule has 1 aliphatic carbocycles. The number of carbonyl (C=O) groups excluding carboxylic acids is 1. The number of β-amino-alcohol motifs (C(OH)–C–C–N with tert-alkyl or cyclic N) is 2. The van der Waals surface area contributed by atoms with Crippen LogP contribution in [-0.4, -0.2) is 52.4 Å². The first-order chi connectivity index (χ1) is 15.2. The van der Waals surface area contributed by atoms with Gasteiger partial charge in [-0.25, -0.2) is 0 Å². The van der Waals surface area contributed by atoms with Crippen LogP contribution in [0.25, 0.3) is 0 Å². The van der Waals surface area contributed by atoms with Gasteiger partial charge in [0.25, 0.3) is 0 Å². The Labute approximate surface area is 189 Å². The molecule has 0 aromatic heterocycles. The Morgan fingerprint density at radius 1 is 1.22 bits per heavy atom. The van der Waals surface area contributed by atoms with Gasteiger partial charge in [0, 0.05) is 43.1 Å². The van der Waals surface area contributed by atoms with E-state index in [-0.39, 0.29) is 17.9 Å². The first-order valence-electron chi connectivity index (χ1n) is 11.5. The van der Waals surface area contributed by atoms with Gasteiger partial charge in [0.2, 0.25) is 5.91 Å². The topological polar surface area (TPSA) is 82.0 Å². The number of carbonyl (C=O) groups is 1. The molecule has 5 rings (SSSR count). The van der Waals surface area contributed by atoms with Gasteiger partial charge >= 0.3 is 0 Å². The van der Waals surface area contributed by atoms with Crippen LogP contribution in [0, 0.1) is 11.3 Å². The molecule has 1 saturated carbocycles. The second-order valence-electron chi connectivity index (χ2n) is 10.4. The molecule has 32 heavy (non-hydrogen) atoms. The number of likely N-dealkylation sites (tertiary alicyclic amines) is 1. The maximum atomic E-state index is 12.2. The van der Waals surface area contributed by atoms with Crippen molar-refractivity contribution in [3.05, 3.63) is 59.7 Å². The van der Waals surface area contributed by atoms with Crippen molar-refractivity contribution in [3.8, 4) is 5.75 Å². The van der Waals surface area contributed by atoms with E-state index in [0.717, 1.165) is 35.5 Å². The lowest BCUT2D eigenvalue weighted by Gasteiger charge is -2.31. The lowest BCUT2D eigenvalue weighted by Crippen LogP contribution is -2.37. The summed E-state index contributed by atoms with van der Waals surface area (Å²) in [6, 6.07) is 15.6. The fourth-order valence-electron chi connectivity index (χ4n) is 5.59. The smallest absolute Gasteiger partial charge is 0.230 e. The average Bonchev–Trinajstić information content (AvgIpc) is 3.19. The molecule has 0 spiro atoms. The molecular formula is C26H32N2O4. The van der Waals surface area contributed by atoms with Gasteiger partial charge in [0.15, 0.2) is 0 Å². The number of aliphatic hydroxyl groups is 2. The largest absolute Gasteiger partial charge is 0.490 e. The Morgan fingerprint density at radius 3 is 2.75 bits per heavy atom. The molecule has 1 amide bonds. The summed E-state index contributed by atoms with van der Waals surface area (Å²) in [7, 11) is 0. The van der Waals surface area contributed by atoms with Crippen molar-refractivity contribution in [2.24, 2.45) is 11.3 Å². The van der Waals surface area contributed by atoms with Crippen LogP contribution in [0.2, 0.25) is 0 Å². The number of amides is 1. The van der Waals surface area contributed by atoms with Gasteiger partial charge < -0.3 is 20.3 Å². The summed E-state index contributed by atoms with van der Waals surface area (Å²) in [5, 5.41) is 25.1. The lowest BCUT2D eigenvalue weighted by molar-refractivity contribution is -0.124. The second-order valence-corrected chi connectivity index (χ2v) is 10.4. The lowest BCUT2D eigenvalue weighted by atomic mass is 9.80. The number of nitrogens with one attached hydrogen (secondary N) is 1. The summed E-state index contributed by atoms with van der Waals surface area (Å²) in [6.45, 7) is 5.67. The summed E-state index contributed by atoms with van der Waals surface area (Å²) in [5.41, 5.74) is 1.53. The van der Waals surface area contributed by atoms with Gasteiger partial charge in [-0.3, -0.25) is 9.69 Å². The molecule has 2 aliphatic heterocycles. The number of anilines is 1. The zero-order chi connectivity index (χ0) is 22.5. The van der Waals surface area contributed by atoms with Crippen LogP contribution in [0.5, 0.6) is 5.75 Å². The van der Waals surface area contributed by atoms with Crippen LogP contribution < -0.4 is 10.1 Å². The molecule has 6 heteroatoms. The van der Waals surface area contributed by atoms with E-state index >= 15 is 0 Å². The molecule has 4 atom stereocenters. The van der Waals surface area contributed by atoms with Crippen LogP contribution in [0.1, 0.15) is 43.9 Å². The monoisotopic (exact) mass is 436 g/mol. The number of benzene rings is 2. The van der Waals surface area contributed by atoms with Crippen molar-refractivity contribution < 1.29 is 19.7 Å². The predicted octanol–water partition coefficient (Wildman–Crippen LogP) is 3.15. The van der Waals surface area contributed by atoms with E-state index in [1.54, 1.807) is 0 Å². The second kappa shape index (κ2) is 7.87. The molecule has 170 valence electrons. The minimum atomic E-state index is -0.761. The first kappa shape index (κ1) is 21.4. The van der Waals surface area contributed by atoms with Gasteiger partial charge in [-0.15, -0.1) is 0 Å². The molecular weight excluding hydrogens is 404 g/mol. The van der Waals surface area contributed by atoms with Gasteiger partial charge in [-0.2, -0.15) is 0 Å². The fraction of sp³-hybridized carbons (Fsp3) is 0.500. The van der Waals surface area contributed by atoms with Crippen LogP contribution in [0.4, 0.5) is 5.69 Å². The van der Waals surface area contributed by atoms with Gasteiger partial charge in [-0.1, -0.05) is 44.2 Å². The van der Waals surface area contributed by atoms with Gasteiger partial charge in [0.05, 0.1) is 11.7 Å². The number of ether oxygens (including phenoxy) is 1. The van der Waals surface area contributed by atoms with E-state index in [2.05, 4.69) is 10.2 Å². The Morgan fingerprint density at radius 2 is 2.00 bits per heavy atom. The highest BCUT2D eigenvalue weighted by molar-refractivity contribution is 5.98. The number of hydrogen-bond acceptors (Lipinski definition) is 5.